The van der Waals surface area contributed by atoms with Crippen molar-refractivity contribution in [1.82, 2.24) is 5.48 Å². The Morgan fingerprint density at radius 3 is 3.31 bits per heavy atom. The molecular formula is C9H12N2O2. The predicted molar refractivity (Wildman–Crippen MR) is 48.5 cm³/mol. The Hall–Kier alpha value is -1.26. The van der Waals surface area contributed by atoms with Crippen LogP contribution < -0.4 is 20.8 Å². The molecule has 1 aromatic rings. The van der Waals surface area contributed by atoms with Gasteiger partial charge in [-0.05, 0) is 6.07 Å². The fourth-order valence-electron chi connectivity index (χ4n) is 1.28. The van der Waals surface area contributed by atoms with Crippen molar-refractivity contribution in [3.8, 4) is 11.5 Å². The van der Waals surface area contributed by atoms with Crippen LogP contribution in [0.2, 0.25) is 0 Å². The van der Waals surface area contributed by atoms with Crippen LogP contribution in [0.3, 0.4) is 0 Å². The van der Waals surface area contributed by atoms with Crippen molar-refractivity contribution in [2.45, 2.75) is 6.54 Å². The van der Waals surface area contributed by atoms with E-state index in [1.165, 1.54) is 0 Å². The number of nitrogens with two attached hydrogens (primary N) is 1. The van der Waals surface area contributed by atoms with Gasteiger partial charge >= 0.3 is 0 Å². The van der Waals surface area contributed by atoms with Gasteiger partial charge in [-0.2, -0.15) is 5.48 Å². The van der Waals surface area contributed by atoms with E-state index in [0.29, 0.717) is 13.2 Å². The second-order valence-electron chi connectivity index (χ2n) is 2.80. The normalized spacial score (nSPS) is 13.6. The van der Waals surface area contributed by atoms with Crippen LogP contribution in [0.25, 0.3) is 0 Å². The molecule has 0 aromatic heterocycles. The van der Waals surface area contributed by atoms with Gasteiger partial charge in [0.2, 0.25) is 0 Å². The molecule has 0 fully saturated rings. The van der Waals surface area contributed by atoms with Gasteiger partial charge in [0.15, 0.2) is 11.5 Å². The molecule has 0 bridgehead atoms. The average Bonchev–Trinajstić information content (AvgIpc) is 2.62. The second-order valence-corrected chi connectivity index (χ2v) is 2.80. The number of nitrogens with one attached hydrogen (secondary N) is 1. The maximum absolute atomic E-state index is 5.41. The maximum atomic E-state index is 5.41. The number of hydrogen-bond acceptors (Lipinski definition) is 4. The first-order valence-electron chi connectivity index (χ1n) is 4.26. The summed E-state index contributed by atoms with van der Waals surface area (Å²) in [7, 11) is 0. The van der Waals surface area contributed by atoms with Crippen LogP contribution in [0.15, 0.2) is 18.2 Å². The minimum absolute atomic E-state index is 0.511. The third-order valence-electron chi connectivity index (χ3n) is 1.87. The Kier molecular flexibility index (Phi) is 2.33. The third kappa shape index (κ3) is 1.59. The van der Waals surface area contributed by atoms with E-state index in [1.807, 2.05) is 18.2 Å². The minimum atomic E-state index is 0.511. The molecule has 13 heavy (non-hydrogen) atoms. The van der Waals surface area contributed by atoms with Gasteiger partial charge in [0.05, 0.1) is 6.54 Å². The number of fused-ring (bicyclic) bond motifs is 1. The van der Waals surface area contributed by atoms with E-state index >= 15 is 0 Å². The Bertz CT molecular complexity index is 302. The van der Waals surface area contributed by atoms with E-state index in [-0.39, 0.29) is 0 Å². The van der Waals surface area contributed by atoms with Crippen LogP contribution in [0.5, 0.6) is 11.5 Å². The van der Waals surface area contributed by atoms with Gasteiger partial charge in [-0.3, -0.25) is 0 Å². The number of ether oxygens (including phenoxy) is 1. The van der Waals surface area contributed by atoms with E-state index < -0.39 is 0 Å². The van der Waals surface area contributed by atoms with Crippen LogP contribution in [-0.2, 0) is 6.54 Å². The third-order valence-corrected chi connectivity index (χ3v) is 1.87. The quantitative estimate of drug-likeness (QED) is 0.707. The van der Waals surface area contributed by atoms with Gasteiger partial charge in [-0.1, -0.05) is 12.1 Å². The average molecular weight is 180 g/mol. The molecule has 0 radical (unpaired) electrons. The number of para-hydroxylation sites is 1. The number of benzene rings is 1. The highest BCUT2D eigenvalue weighted by atomic mass is 16.7. The maximum Gasteiger partial charge on any atom is 0.193 e. The van der Waals surface area contributed by atoms with Crippen molar-refractivity contribution in [2.75, 3.05) is 13.2 Å². The summed E-state index contributed by atoms with van der Waals surface area (Å²) in [5.74, 6) is 1.55. The Labute approximate surface area is 76.6 Å². The van der Waals surface area contributed by atoms with Gasteiger partial charge in [-0.15, -0.1) is 0 Å². The summed E-state index contributed by atoms with van der Waals surface area (Å²) in [6.45, 7) is 1.76. The van der Waals surface area contributed by atoms with Crippen LogP contribution in [0.1, 0.15) is 5.56 Å². The molecule has 0 saturated heterocycles. The van der Waals surface area contributed by atoms with Gasteiger partial charge in [0, 0.05) is 12.1 Å². The summed E-state index contributed by atoms with van der Waals surface area (Å²) in [5, 5.41) is 0. The summed E-state index contributed by atoms with van der Waals surface area (Å²) in [6, 6.07) is 5.83. The zero-order chi connectivity index (χ0) is 9.10. The lowest BCUT2D eigenvalue weighted by Gasteiger charge is -2.07. The molecule has 0 aliphatic carbocycles. The molecule has 3 N–H and O–H groups in total. The standard InChI is InChI=1S/C9H12N2O2/c10-4-5-12-8-3-1-2-7-6-11-13-9(7)8/h1-3,11H,4-6,10H2. The fraction of sp³-hybridized carbons (Fsp3) is 0.333. The lowest BCUT2D eigenvalue weighted by Crippen LogP contribution is -2.12. The second kappa shape index (κ2) is 3.64. The van der Waals surface area contributed by atoms with E-state index in [2.05, 4.69) is 5.48 Å². The first-order chi connectivity index (χ1) is 6.42. The molecule has 0 spiro atoms. The lowest BCUT2D eigenvalue weighted by atomic mass is 10.2. The van der Waals surface area contributed by atoms with Crippen LogP contribution >= 0.6 is 0 Å². The molecule has 1 aliphatic heterocycles. The lowest BCUT2D eigenvalue weighted by molar-refractivity contribution is 0.210. The predicted octanol–water partition coefficient (Wildman–Crippen LogP) is 0.421. The largest absolute Gasteiger partial charge is 0.488 e. The zero-order valence-electron chi connectivity index (χ0n) is 7.25. The van der Waals surface area contributed by atoms with Crippen LogP contribution in [0, 0.1) is 0 Å². The van der Waals surface area contributed by atoms with E-state index in [1.54, 1.807) is 0 Å². The van der Waals surface area contributed by atoms with Crippen LogP contribution in [-0.4, -0.2) is 13.2 Å². The van der Waals surface area contributed by atoms with Crippen molar-refractivity contribution in [1.29, 1.82) is 0 Å². The molecule has 2 rings (SSSR count). The number of hydroxylamine groups is 1. The zero-order valence-corrected chi connectivity index (χ0v) is 7.25. The van der Waals surface area contributed by atoms with Gasteiger partial charge in [-0.25, -0.2) is 0 Å². The van der Waals surface area contributed by atoms with Crippen molar-refractivity contribution in [3.63, 3.8) is 0 Å². The molecule has 4 nitrogen and oxygen atoms in total. The van der Waals surface area contributed by atoms with Crippen molar-refractivity contribution in [3.05, 3.63) is 23.8 Å². The minimum Gasteiger partial charge on any atom is -0.488 e. The summed E-state index contributed by atoms with van der Waals surface area (Å²) < 4.78 is 5.41. The molecule has 1 aromatic carbocycles. The molecule has 70 valence electrons. The van der Waals surface area contributed by atoms with E-state index in [9.17, 15) is 0 Å². The number of hydrogen-bond donors (Lipinski definition) is 2. The summed E-state index contributed by atoms with van der Waals surface area (Å²) in [5.41, 5.74) is 9.25. The van der Waals surface area contributed by atoms with Gasteiger partial charge in [0.1, 0.15) is 6.61 Å². The Morgan fingerprint density at radius 1 is 1.54 bits per heavy atom. The van der Waals surface area contributed by atoms with Crippen molar-refractivity contribution < 1.29 is 9.57 Å². The SMILES string of the molecule is NCCOc1cccc2c1ONC2. The summed E-state index contributed by atoms with van der Waals surface area (Å²) in [4.78, 5) is 5.21. The fourth-order valence-corrected chi connectivity index (χ4v) is 1.28. The molecule has 4 heteroatoms. The Balaban J connectivity index is 2.20. The molecule has 1 aliphatic rings. The molecule has 0 atom stereocenters. The summed E-state index contributed by atoms with van der Waals surface area (Å²) >= 11 is 0. The topological polar surface area (TPSA) is 56.5 Å². The van der Waals surface area contributed by atoms with Crippen LogP contribution in [0.4, 0.5) is 0 Å². The molecule has 0 amide bonds. The molecule has 1 heterocycles. The highest BCUT2D eigenvalue weighted by Crippen LogP contribution is 2.33. The van der Waals surface area contributed by atoms with Gasteiger partial charge < -0.3 is 15.3 Å². The first-order valence-corrected chi connectivity index (χ1v) is 4.26. The molecular weight excluding hydrogens is 168 g/mol. The monoisotopic (exact) mass is 180 g/mol. The van der Waals surface area contributed by atoms with E-state index in [4.69, 9.17) is 15.3 Å². The smallest absolute Gasteiger partial charge is 0.193 e. The van der Waals surface area contributed by atoms with Crippen molar-refractivity contribution >= 4 is 0 Å². The number of rotatable bonds is 3. The van der Waals surface area contributed by atoms with Crippen molar-refractivity contribution in [2.24, 2.45) is 5.73 Å². The highest BCUT2D eigenvalue weighted by Gasteiger charge is 2.16. The molecule has 0 unspecified atom stereocenters. The highest BCUT2D eigenvalue weighted by molar-refractivity contribution is 5.47. The van der Waals surface area contributed by atoms with Gasteiger partial charge in [0.25, 0.3) is 0 Å². The summed E-state index contributed by atoms with van der Waals surface area (Å²) in [6.07, 6.45) is 0. The molecule has 0 saturated carbocycles. The Morgan fingerprint density at radius 2 is 2.46 bits per heavy atom. The van der Waals surface area contributed by atoms with E-state index in [0.717, 1.165) is 23.6 Å². The first kappa shape index (κ1) is 8.34.